The third-order valence-electron chi connectivity index (χ3n) is 3.37. The zero-order valence-electron chi connectivity index (χ0n) is 12.5. The van der Waals surface area contributed by atoms with Crippen molar-refractivity contribution in [2.45, 2.75) is 13.8 Å². The first kappa shape index (κ1) is 14.0. The summed E-state index contributed by atoms with van der Waals surface area (Å²) in [6, 6.07) is 11.5. The number of hydrogen-bond acceptors (Lipinski definition) is 5. The van der Waals surface area contributed by atoms with E-state index in [1.165, 1.54) is 0 Å². The Kier molecular flexibility index (Phi) is 3.70. The first-order chi connectivity index (χ1) is 10.6. The molecule has 0 aliphatic heterocycles. The van der Waals surface area contributed by atoms with E-state index in [9.17, 15) is 0 Å². The number of nitrogens with zero attached hydrogens (tertiary/aromatic N) is 3. The second-order valence-electron chi connectivity index (χ2n) is 5.15. The van der Waals surface area contributed by atoms with Gasteiger partial charge in [0.25, 0.3) is 0 Å². The number of nitrogens with two attached hydrogens (primary N) is 1. The van der Waals surface area contributed by atoms with Gasteiger partial charge in [-0.1, -0.05) is 6.07 Å². The maximum atomic E-state index is 5.83. The van der Waals surface area contributed by atoms with Crippen molar-refractivity contribution < 1.29 is 0 Å². The SMILES string of the molecule is Cc1ccc(-c2ccnc(Nc3cc(N)ccc3C)n2)cn1. The van der Waals surface area contributed by atoms with Crippen LogP contribution in [0.3, 0.4) is 0 Å². The van der Waals surface area contributed by atoms with Crippen molar-refractivity contribution in [3.8, 4) is 11.3 Å². The maximum absolute atomic E-state index is 5.83. The minimum atomic E-state index is 0.534. The maximum Gasteiger partial charge on any atom is 0.227 e. The molecular weight excluding hydrogens is 274 g/mol. The quantitative estimate of drug-likeness (QED) is 0.722. The van der Waals surface area contributed by atoms with Gasteiger partial charge in [-0.3, -0.25) is 4.98 Å². The van der Waals surface area contributed by atoms with E-state index in [1.807, 2.05) is 56.4 Å². The second-order valence-corrected chi connectivity index (χ2v) is 5.15. The van der Waals surface area contributed by atoms with E-state index in [2.05, 4.69) is 20.3 Å². The average molecular weight is 291 g/mol. The molecule has 0 fully saturated rings. The van der Waals surface area contributed by atoms with E-state index in [0.29, 0.717) is 11.6 Å². The highest BCUT2D eigenvalue weighted by atomic mass is 15.1. The van der Waals surface area contributed by atoms with Gasteiger partial charge >= 0.3 is 0 Å². The van der Waals surface area contributed by atoms with Crippen molar-refractivity contribution in [3.63, 3.8) is 0 Å². The number of aryl methyl sites for hydroxylation is 2. The molecule has 2 aromatic heterocycles. The summed E-state index contributed by atoms with van der Waals surface area (Å²) in [4.78, 5) is 13.1. The fraction of sp³-hybridized carbons (Fsp3) is 0.118. The second kappa shape index (κ2) is 5.81. The summed E-state index contributed by atoms with van der Waals surface area (Å²) in [5.74, 6) is 0.534. The Morgan fingerprint density at radius 2 is 1.86 bits per heavy atom. The molecule has 0 saturated heterocycles. The summed E-state index contributed by atoms with van der Waals surface area (Å²) < 4.78 is 0. The number of rotatable bonds is 3. The minimum Gasteiger partial charge on any atom is -0.399 e. The molecule has 0 aliphatic carbocycles. The molecule has 2 heterocycles. The lowest BCUT2D eigenvalue weighted by atomic mass is 10.2. The summed E-state index contributed by atoms with van der Waals surface area (Å²) in [6.07, 6.45) is 3.54. The molecule has 0 aliphatic rings. The Morgan fingerprint density at radius 3 is 2.64 bits per heavy atom. The van der Waals surface area contributed by atoms with Gasteiger partial charge in [0.15, 0.2) is 0 Å². The molecule has 0 unspecified atom stereocenters. The summed E-state index contributed by atoms with van der Waals surface area (Å²) in [7, 11) is 0. The van der Waals surface area contributed by atoms with Gasteiger partial charge in [0.2, 0.25) is 5.95 Å². The summed E-state index contributed by atoms with van der Waals surface area (Å²) >= 11 is 0. The van der Waals surface area contributed by atoms with Gasteiger partial charge in [0, 0.05) is 35.0 Å². The molecule has 3 rings (SSSR count). The third kappa shape index (κ3) is 3.03. The zero-order chi connectivity index (χ0) is 15.5. The lowest BCUT2D eigenvalue weighted by molar-refractivity contribution is 1.15. The Hall–Kier alpha value is -2.95. The molecule has 3 N–H and O–H groups in total. The monoisotopic (exact) mass is 291 g/mol. The van der Waals surface area contributed by atoms with E-state index in [-0.39, 0.29) is 0 Å². The van der Waals surface area contributed by atoms with Crippen LogP contribution in [0.1, 0.15) is 11.3 Å². The van der Waals surface area contributed by atoms with Crippen LogP contribution in [0.2, 0.25) is 0 Å². The molecule has 1 aromatic carbocycles. The van der Waals surface area contributed by atoms with Crippen LogP contribution in [-0.2, 0) is 0 Å². The fourth-order valence-electron chi connectivity index (χ4n) is 2.09. The molecule has 22 heavy (non-hydrogen) atoms. The molecule has 5 nitrogen and oxygen atoms in total. The predicted octanol–water partition coefficient (Wildman–Crippen LogP) is 3.48. The van der Waals surface area contributed by atoms with Crippen molar-refractivity contribution in [2.24, 2.45) is 0 Å². The molecule has 0 atom stereocenters. The summed E-state index contributed by atoms with van der Waals surface area (Å²) in [6.45, 7) is 3.97. The molecule has 5 heteroatoms. The van der Waals surface area contributed by atoms with Crippen LogP contribution in [-0.4, -0.2) is 15.0 Å². The number of pyridine rings is 1. The molecular formula is C17H17N5. The van der Waals surface area contributed by atoms with Crippen molar-refractivity contribution in [3.05, 3.63) is 60.0 Å². The first-order valence-electron chi connectivity index (χ1n) is 7.01. The van der Waals surface area contributed by atoms with Crippen LogP contribution in [0.15, 0.2) is 48.8 Å². The van der Waals surface area contributed by atoms with E-state index >= 15 is 0 Å². The van der Waals surface area contributed by atoms with Crippen LogP contribution in [0.4, 0.5) is 17.3 Å². The van der Waals surface area contributed by atoms with Gasteiger partial charge in [-0.2, -0.15) is 0 Å². The standard InChI is InChI=1S/C17H17N5/c1-11-3-6-14(18)9-16(11)22-17-19-8-7-15(21-17)13-5-4-12(2)20-10-13/h3-10H,18H2,1-2H3,(H,19,21,22). The number of benzene rings is 1. The van der Waals surface area contributed by atoms with Gasteiger partial charge in [-0.05, 0) is 49.7 Å². The Morgan fingerprint density at radius 1 is 1.00 bits per heavy atom. The van der Waals surface area contributed by atoms with Gasteiger partial charge in [-0.15, -0.1) is 0 Å². The number of nitrogens with one attached hydrogen (secondary N) is 1. The molecule has 0 amide bonds. The minimum absolute atomic E-state index is 0.534. The van der Waals surface area contributed by atoms with Crippen molar-refractivity contribution in [2.75, 3.05) is 11.1 Å². The van der Waals surface area contributed by atoms with E-state index in [0.717, 1.165) is 28.2 Å². The molecule has 0 bridgehead atoms. The van der Waals surface area contributed by atoms with Crippen LogP contribution >= 0.6 is 0 Å². The Labute approximate surface area is 129 Å². The van der Waals surface area contributed by atoms with Crippen molar-refractivity contribution in [1.29, 1.82) is 0 Å². The smallest absolute Gasteiger partial charge is 0.227 e. The molecule has 0 saturated carbocycles. The van der Waals surface area contributed by atoms with Crippen LogP contribution < -0.4 is 11.1 Å². The predicted molar refractivity (Wildman–Crippen MR) is 88.9 cm³/mol. The summed E-state index contributed by atoms with van der Waals surface area (Å²) in [5, 5.41) is 3.21. The lowest BCUT2D eigenvalue weighted by Gasteiger charge is -2.10. The van der Waals surface area contributed by atoms with Crippen molar-refractivity contribution >= 4 is 17.3 Å². The van der Waals surface area contributed by atoms with Crippen LogP contribution in [0, 0.1) is 13.8 Å². The van der Waals surface area contributed by atoms with Gasteiger partial charge in [0.1, 0.15) is 0 Å². The molecule has 3 aromatic rings. The van der Waals surface area contributed by atoms with Crippen LogP contribution in [0.25, 0.3) is 11.3 Å². The number of nitrogen functional groups attached to an aromatic ring is 1. The van der Waals surface area contributed by atoms with Gasteiger partial charge in [0.05, 0.1) is 5.69 Å². The fourth-order valence-corrected chi connectivity index (χ4v) is 2.09. The highest BCUT2D eigenvalue weighted by Gasteiger charge is 2.05. The Balaban J connectivity index is 1.91. The molecule has 110 valence electrons. The highest BCUT2D eigenvalue weighted by molar-refractivity contribution is 5.65. The molecule has 0 spiro atoms. The lowest BCUT2D eigenvalue weighted by Crippen LogP contribution is -2.00. The summed E-state index contributed by atoms with van der Waals surface area (Å²) in [5.41, 5.74) is 11.3. The topological polar surface area (TPSA) is 76.7 Å². The largest absolute Gasteiger partial charge is 0.399 e. The van der Waals surface area contributed by atoms with Gasteiger partial charge < -0.3 is 11.1 Å². The number of hydrogen-bond donors (Lipinski definition) is 2. The first-order valence-corrected chi connectivity index (χ1v) is 7.01. The van der Waals surface area contributed by atoms with E-state index < -0.39 is 0 Å². The third-order valence-corrected chi connectivity index (χ3v) is 3.37. The highest BCUT2D eigenvalue weighted by Crippen LogP contribution is 2.22. The van der Waals surface area contributed by atoms with E-state index in [1.54, 1.807) is 6.20 Å². The Bertz CT molecular complexity index is 796. The van der Waals surface area contributed by atoms with E-state index in [4.69, 9.17) is 5.73 Å². The molecule has 0 radical (unpaired) electrons. The van der Waals surface area contributed by atoms with Gasteiger partial charge in [-0.25, -0.2) is 9.97 Å². The van der Waals surface area contributed by atoms with Crippen molar-refractivity contribution in [1.82, 2.24) is 15.0 Å². The van der Waals surface area contributed by atoms with Crippen LogP contribution in [0.5, 0.6) is 0 Å². The normalized spacial score (nSPS) is 10.5. The zero-order valence-corrected chi connectivity index (χ0v) is 12.5. The average Bonchev–Trinajstić information content (AvgIpc) is 2.52. The number of aromatic nitrogens is 3. The number of anilines is 3.